The molecule has 1 radical (unpaired) electrons. The van der Waals surface area contributed by atoms with Crippen molar-refractivity contribution in [2.45, 2.75) is 69.8 Å². The minimum absolute atomic E-state index is 0. The maximum Gasteiger partial charge on any atom is 0.267 e. The molecule has 2 aromatic carbocycles. The molecular formula is C27H34NO4SY-. The van der Waals surface area contributed by atoms with Crippen molar-refractivity contribution in [1.82, 2.24) is 0 Å². The number of sulfonamides is 1. The minimum Gasteiger partial charge on any atom is -0.471 e. The van der Waals surface area contributed by atoms with Gasteiger partial charge in [0.05, 0.1) is 18.1 Å². The number of unbranched alkanes of at least 4 members (excludes halogenated alkanes) is 3. The van der Waals surface area contributed by atoms with Crippen molar-refractivity contribution in [3.05, 3.63) is 83.8 Å². The van der Waals surface area contributed by atoms with Crippen molar-refractivity contribution < 1.29 is 50.7 Å². The average molecular weight is 558 g/mol. The van der Waals surface area contributed by atoms with E-state index in [-0.39, 0.29) is 37.6 Å². The van der Waals surface area contributed by atoms with E-state index in [1.54, 1.807) is 13.0 Å². The molecule has 1 atom stereocenters. The Labute approximate surface area is 229 Å². The number of hydrogen-bond donors (Lipinski definition) is 1. The van der Waals surface area contributed by atoms with Crippen LogP contribution in [0.1, 0.15) is 68.2 Å². The van der Waals surface area contributed by atoms with Crippen LogP contribution in [0.5, 0.6) is 0 Å². The van der Waals surface area contributed by atoms with Gasteiger partial charge in [0, 0.05) is 50.4 Å². The summed E-state index contributed by atoms with van der Waals surface area (Å²) < 4.78 is 34.0. The summed E-state index contributed by atoms with van der Waals surface area (Å²) in [4.78, 5) is 0.162. The molecule has 1 N–H and O–H groups in total. The zero-order valence-electron chi connectivity index (χ0n) is 20.1. The van der Waals surface area contributed by atoms with Gasteiger partial charge in [0.25, 0.3) is 10.0 Å². The third-order valence-corrected chi connectivity index (χ3v) is 7.80. The number of aliphatic hydroxyl groups excluding tert-OH is 1. The van der Waals surface area contributed by atoms with Crippen molar-refractivity contribution in [2.24, 2.45) is 0 Å². The van der Waals surface area contributed by atoms with Crippen LogP contribution in [0.2, 0.25) is 0 Å². The van der Waals surface area contributed by atoms with Gasteiger partial charge in [-0.1, -0.05) is 57.2 Å². The molecule has 3 rings (SSSR count). The first kappa shape index (κ1) is 28.8. The van der Waals surface area contributed by atoms with E-state index in [2.05, 4.69) is 19.1 Å². The first-order valence-electron chi connectivity index (χ1n) is 11.7. The number of aryl methyl sites for hydroxylation is 2. The number of para-hydroxylation sites is 1. The van der Waals surface area contributed by atoms with Gasteiger partial charge in [-0.15, -0.1) is 0 Å². The molecule has 0 amide bonds. The Balaban J connectivity index is 0.00000408. The topological polar surface area (TPSA) is 70.8 Å². The second-order valence-corrected chi connectivity index (χ2v) is 10.3. The molecule has 5 nitrogen and oxygen atoms in total. The predicted octanol–water partition coefficient (Wildman–Crippen LogP) is 6.22. The summed E-state index contributed by atoms with van der Waals surface area (Å²) in [6, 6.07) is 18.2. The maximum absolute atomic E-state index is 13.7. The summed E-state index contributed by atoms with van der Waals surface area (Å²) in [5.41, 5.74) is 2.94. The van der Waals surface area contributed by atoms with Gasteiger partial charge in [-0.3, -0.25) is 4.31 Å². The van der Waals surface area contributed by atoms with Crippen LogP contribution in [0.3, 0.4) is 0 Å². The Kier molecular flexibility index (Phi) is 12.0. The number of nitrogens with zero attached hydrogens (tertiary/aromatic N) is 1. The van der Waals surface area contributed by atoms with Crippen LogP contribution in [0.4, 0.5) is 5.69 Å². The zero-order valence-corrected chi connectivity index (χ0v) is 23.8. The van der Waals surface area contributed by atoms with Gasteiger partial charge in [0.15, 0.2) is 0 Å². The van der Waals surface area contributed by atoms with Crippen LogP contribution in [0.15, 0.2) is 70.4 Å². The first-order valence-corrected chi connectivity index (χ1v) is 13.2. The van der Waals surface area contributed by atoms with Gasteiger partial charge in [0.2, 0.25) is 0 Å². The van der Waals surface area contributed by atoms with E-state index in [0.717, 1.165) is 32.1 Å². The molecule has 1 heterocycles. The minimum atomic E-state index is -3.85. The maximum atomic E-state index is 13.7. The Morgan fingerprint density at radius 2 is 1.85 bits per heavy atom. The van der Waals surface area contributed by atoms with Crippen molar-refractivity contribution >= 4 is 15.7 Å². The van der Waals surface area contributed by atoms with Crippen LogP contribution in [-0.4, -0.2) is 20.1 Å². The molecule has 0 bridgehead atoms. The largest absolute Gasteiger partial charge is 0.471 e. The van der Waals surface area contributed by atoms with E-state index in [1.165, 1.54) is 22.4 Å². The average Bonchev–Trinajstić information content (AvgIpc) is 3.26. The summed E-state index contributed by atoms with van der Waals surface area (Å²) in [6.07, 6.45) is 8.01. The van der Waals surface area contributed by atoms with Gasteiger partial charge in [-0.2, -0.15) is 35.9 Å². The normalized spacial score (nSPS) is 12.2. The number of furan rings is 1. The van der Waals surface area contributed by atoms with Crippen LogP contribution < -0.4 is 4.31 Å². The fourth-order valence-corrected chi connectivity index (χ4v) is 5.68. The number of anilines is 1. The van der Waals surface area contributed by atoms with E-state index in [9.17, 15) is 13.5 Å². The van der Waals surface area contributed by atoms with E-state index in [0.29, 0.717) is 36.2 Å². The fourth-order valence-electron chi connectivity index (χ4n) is 4.01. The van der Waals surface area contributed by atoms with Gasteiger partial charge < -0.3 is 9.52 Å². The van der Waals surface area contributed by atoms with Gasteiger partial charge in [0.1, 0.15) is 11.2 Å². The van der Waals surface area contributed by atoms with Crippen molar-refractivity contribution in [1.29, 1.82) is 0 Å². The summed E-state index contributed by atoms with van der Waals surface area (Å²) >= 11 is 0. The summed E-state index contributed by atoms with van der Waals surface area (Å²) in [5, 5.41) is 10.9. The summed E-state index contributed by atoms with van der Waals surface area (Å²) in [7, 11) is -3.85. The molecule has 0 saturated carbocycles. The van der Waals surface area contributed by atoms with Gasteiger partial charge in [-0.25, -0.2) is 8.42 Å². The zero-order chi connectivity index (χ0) is 23.7. The Hall–Kier alpha value is -1.47. The van der Waals surface area contributed by atoms with Crippen LogP contribution in [-0.2, 0) is 49.2 Å². The molecule has 0 aliphatic heterocycles. The molecule has 3 aromatic rings. The van der Waals surface area contributed by atoms with E-state index < -0.39 is 16.1 Å². The van der Waals surface area contributed by atoms with E-state index in [4.69, 9.17) is 4.42 Å². The van der Waals surface area contributed by atoms with Crippen LogP contribution in [0.25, 0.3) is 0 Å². The van der Waals surface area contributed by atoms with Crippen molar-refractivity contribution in [2.75, 3.05) is 10.8 Å². The molecule has 0 aliphatic rings. The Morgan fingerprint density at radius 3 is 2.53 bits per heavy atom. The molecule has 181 valence electrons. The SMILES string of the molecule is CCCCCC(O)c1ccccc1N(CCCCc1c[c-]ccc1)S(=O)(=O)c1cocc1C.[Y]. The van der Waals surface area contributed by atoms with Gasteiger partial charge >= 0.3 is 0 Å². The molecule has 1 aromatic heterocycles. The Morgan fingerprint density at radius 1 is 1.06 bits per heavy atom. The van der Waals surface area contributed by atoms with Crippen LogP contribution >= 0.6 is 0 Å². The molecule has 34 heavy (non-hydrogen) atoms. The quantitative estimate of drug-likeness (QED) is 0.200. The van der Waals surface area contributed by atoms with Crippen molar-refractivity contribution in [3.8, 4) is 0 Å². The monoisotopic (exact) mass is 557 g/mol. The number of benzene rings is 2. The van der Waals surface area contributed by atoms with Gasteiger partial charge in [-0.05, 0) is 25.8 Å². The Bertz CT molecular complexity index is 1100. The third-order valence-electron chi connectivity index (χ3n) is 5.87. The third kappa shape index (κ3) is 7.51. The van der Waals surface area contributed by atoms with Crippen LogP contribution in [0, 0.1) is 13.0 Å². The summed E-state index contributed by atoms with van der Waals surface area (Å²) in [5.74, 6) is 0. The molecule has 0 spiro atoms. The molecular weight excluding hydrogens is 523 g/mol. The smallest absolute Gasteiger partial charge is 0.267 e. The summed E-state index contributed by atoms with van der Waals surface area (Å²) in [6.45, 7) is 4.17. The van der Waals surface area contributed by atoms with E-state index >= 15 is 0 Å². The standard InChI is InChI=1S/C27H34NO4S.Y/c1-3-4-6-18-26(29)24-16-9-10-17-25(24)28(33(30,31)27-21-32-20-22(27)2)19-12-11-15-23-13-7-5-8-14-23;/h5,7,9-10,13-14,16-17,20-21,26,29H,3-4,6,11-12,15,18-19H2,1-2H3;/q-1;. The number of aliphatic hydroxyl groups is 1. The second kappa shape index (κ2) is 14.2. The number of rotatable bonds is 13. The first-order chi connectivity index (χ1) is 15.9. The predicted molar refractivity (Wildman–Crippen MR) is 132 cm³/mol. The van der Waals surface area contributed by atoms with E-state index in [1.807, 2.05) is 36.4 Å². The van der Waals surface area contributed by atoms with Crippen molar-refractivity contribution in [3.63, 3.8) is 0 Å². The number of hydrogen-bond acceptors (Lipinski definition) is 4. The molecule has 0 fully saturated rings. The molecule has 1 unspecified atom stereocenters. The molecule has 0 aliphatic carbocycles. The molecule has 7 heteroatoms. The fraction of sp³-hybridized carbons (Fsp3) is 0.407. The second-order valence-electron chi connectivity index (χ2n) is 8.44. The molecule has 0 saturated heterocycles.